The lowest BCUT2D eigenvalue weighted by atomic mass is 9.90. The number of fused-ring (bicyclic) bond motifs is 1. The third kappa shape index (κ3) is 5.47. The molecule has 33 heavy (non-hydrogen) atoms. The number of carbonyl (C=O) groups excluding carboxylic acids is 1. The monoisotopic (exact) mass is 444 g/mol. The number of hydrogen-bond acceptors (Lipinski definition) is 7. The van der Waals surface area contributed by atoms with Crippen LogP contribution in [0.25, 0.3) is 11.0 Å². The molecule has 1 aromatic heterocycles. The van der Waals surface area contributed by atoms with Crippen molar-refractivity contribution >= 4 is 22.8 Å². The predicted molar refractivity (Wildman–Crippen MR) is 126 cm³/mol. The summed E-state index contributed by atoms with van der Waals surface area (Å²) in [5.74, 6) is -0.580. The van der Waals surface area contributed by atoms with Crippen LogP contribution in [0.2, 0.25) is 0 Å². The maximum Gasteiger partial charge on any atom is 0.329 e. The van der Waals surface area contributed by atoms with E-state index in [0.717, 1.165) is 37.9 Å². The van der Waals surface area contributed by atoms with Crippen molar-refractivity contribution in [1.29, 1.82) is 5.26 Å². The normalized spacial score (nSPS) is 15.2. The number of aromatic nitrogens is 2. The molecule has 7 nitrogen and oxygen atoms in total. The molecule has 0 amide bonds. The molecule has 1 atom stereocenters. The minimum Gasteiger partial charge on any atom is -0.462 e. The first-order valence-corrected chi connectivity index (χ1v) is 11.3. The van der Waals surface area contributed by atoms with Gasteiger partial charge in [0.15, 0.2) is 11.7 Å². The van der Waals surface area contributed by atoms with Crippen molar-refractivity contribution in [1.82, 2.24) is 9.97 Å². The van der Waals surface area contributed by atoms with Crippen LogP contribution < -0.4 is 4.90 Å². The average molecular weight is 445 g/mol. The summed E-state index contributed by atoms with van der Waals surface area (Å²) < 4.78 is 10.2. The van der Waals surface area contributed by atoms with E-state index < -0.39 is 11.9 Å². The number of nitriles is 1. The van der Waals surface area contributed by atoms with Crippen molar-refractivity contribution in [3.63, 3.8) is 0 Å². The number of ether oxygens (including phenoxy) is 2. The maximum absolute atomic E-state index is 12.7. The van der Waals surface area contributed by atoms with Crippen LogP contribution in [0.3, 0.4) is 0 Å². The number of anilines is 1. The SMILES string of the molecule is COCCOC(=O)C(C#N)c1nc2ccccc2nc1N1CCC(Cc2ccccc2)CC1. The molecule has 2 heterocycles. The summed E-state index contributed by atoms with van der Waals surface area (Å²) in [6.45, 7) is 1.96. The summed E-state index contributed by atoms with van der Waals surface area (Å²) in [5.41, 5.74) is 3.11. The Morgan fingerprint density at radius 1 is 1.06 bits per heavy atom. The van der Waals surface area contributed by atoms with Crippen molar-refractivity contribution in [3.8, 4) is 6.07 Å². The average Bonchev–Trinajstić information content (AvgIpc) is 2.85. The molecule has 0 radical (unpaired) electrons. The maximum atomic E-state index is 12.7. The molecule has 2 aromatic carbocycles. The molecule has 1 aliphatic heterocycles. The summed E-state index contributed by atoms with van der Waals surface area (Å²) in [7, 11) is 1.53. The first-order chi connectivity index (χ1) is 16.2. The fourth-order valence-electron chi connectivity index (χ4n) is 4.26. The van der Waals surface area contributed by atoms with Crippen LogP contribution in [0.15, 0.2) is 54.6 Å². The molecule has 0 aliphatic carbocycles. The summed E-state index contributed by atoms with van der Waals surface area (Å²) in [6.07, 6.45) is 3.08. The van der Waals surface area contributed by atoms with Crippen LogP contribution in [0.4, 0.5) is 5.82 Å². The minimum absolute atomic E-state index is 0.0920. The Morgan fingerprint density at radius 3 is 2.39 bits per heavy atom. The Hall–Kier alpha value is -3.50. The van der Waals surface area contributed by atoms with Gasteiger partial charge < -0.3 is 14.4 Å². The van der Waals surface area contributed by atoms with Crippen LogP contribution in [-0.4, -0.2) is 49.4 Å². The lowest BCUT2D eigenvalue weighted by molar-refractivity contribution is -0.145. The first kappa shape index (κ1) is 22.7. The molecule has 4 rings (SSSR count). The Morgan fingerprint density at radius 2 is 1.73 bits per heavy atom. The van der Waals surface area contributed by atoms with Crippen LogP contribution in [0.1, 0.15) is 30.0 Å². The van der Waals surface area contributed by atoms with Crippen LogP contribution >= 0.6 is 0 Å². The van der Waals surface area contributed by atoms with E-state index in [-0.39, 0.29) is 13.2 Å². The zero-order chi connectivity index (χ0) is 23.0. The molecule has 7 heteroatoms. The van der Waals surface area contributed by atoms with E-state index in [9.17, 15) is 10.1 Å². The molecule has 1 aliphatic rings. The fraction of sp³-hybridized carbons (Fsp3) is 0.385. The summed E-state index contributed by atoms with van der Waals surface area (Å²) in [4.78, 5) is 24.4. The molecule has 0 saturated carbocycles. The van der Waals surface area contributed by atoms with Gasteiger partial charge in [-0.05, 0) is 42.9 Å². The van der Waals surface area contributed by atoms with Gasteiger partial charge in [-0.1, -0.05) is 42.5 Å². The largest absolute Gasteiger partial charge is 0.462 e. The van der Waals surface area contributed by atoms with Gasteiger partial charge in [-0.3, -0.25) is 4.79 Å². The molecule has 0 N–H and O–H groups in total. The third-order valence-electron chi connectivity index (χ3n) is 6.03. The molecular formula is C26H28N4O3. The van der Waals surface area contributed by atoms with Crippen molar-refractivity contribution in [2.45, 2.75) is 25.2 Å². The highest BCUT2D eigenvalue weighted by molar-refractivity contribution is 5.85. The number of para-hydroxylation sites is 2. The highest BCUT2D eigenvalue weighted by atomic mass is 16.6. The highest BCUT2D eigenvalue weighted by Crippen LogP contribution is 2.31. The van der Waals surface area contributed by atoms with Crippen molar-refractivity contribution in [3.05, 3.63) is 65.9 Å². The zero-order valence-electron chi connectivity index (χ0n) is 18.8. The van der Waals surface area contributed by atoms with Crippen LogP contribution in [0, 0.1) is 17.2 Å². The second-order valence-electron chi connectivity index (χ2n) is 8.26. The van der Waals surface area contributed by atoms with Gasteiger partial charge in [0.05, 0.1) is 23.7 Å². The zero-order valence-corrected chi connectivity index (χ0v) is 18.8. The summed E-state index contributed by atoms with van der Waals surface area (Å²) in [6, 6.07) is 20.1. The van der Waals surface area contributed by atoms with Crippen LogP contribution in [-0.2, 0) is 20.7 Å². The van der Waals surface area contributed by atoms with E-state index in [1.807, 2.05) is 30.3 Å². The smallest absolute Gasteiger partial charge is 0.329 e. The van der Waals surface area contributed by atoms with Gasteiger partial charge in [0, 0.05) is 20.2 Å². The van der Waals surface area contributed by atoms with E-state index in [1.165, 1.54) is 12.7 Å². The van der Waals surface area contributed by atoms with Crippen LogP contribution in [0.5, 0.6) is 0 Å². The number of esters is 1. The Kier molecular flexibility index (Phi) is 7.48. The van der Waals surface area contributed by atoms with Crippen molar-refractivity contribution in [2.24, 2.45) is 5.92 Å². The van der Waals surface area contributed by atoms with E-state index in [2.05, 4.69) is 35.2 Å². The number of carbonyl (C=O) groups is 1. The molecule has 0 spiro atoms. The molecule has 0 bridgehead atoms. The van der Waals surface area contributed by atoms with Gasteiger partial charge in [-0.2, -0.15) is 5.26 Å². The minimum atomic E-state index is -1.14. The second-order valence-corrected chi connectivity index (χ2v) is 8.26. The van der Waals surface area contributed by atoms with E-state index in [4.69, 9.17) is 19.4 Å². The first-order valence-electron chi connectivity index (χ1n) is 11.3. The highest BCUT2D eigenvalue weighted by Gasteiger charge is 2.31. The Bertz CT molecular complexity index is 1120. The molecular weight excluding hydrogens is 416 g/mol. The summed E-state index contributed by atoms with van der Waals surface area (Å²) >= 11 is 0. The fourth-order valence-corrected chi connectivity index (χ4v) is 4.26. The number of piperidine rings is 1. The van der Waals surface area contributed by atoms with E-state index >= 15 is 0 Å². The van der Waals surface area contributed by atoms with Gasteiger partial charge >= 0.3 is 5.97 Å². The number of rotatable bonds is 8. The predicted octanol–water partition coefficient (Wildman–Crippen LogP) is 3.89. The third-order valence-corrected chi connectivity index (χ3v) is 6.03. The Labute approximate surface area is 194 Å². The number of nitrogens with zero attached hydrogens (tertiary/aromatic N) is 4. The van der Waals surface area contributed by atoms with Gasteiger partial charge in [0.25, 0.3) is 0 Å². The molecule has 3 aromatic rings. The summed E-state index contributed by atoms with van der Waals surface area (Å²) in [5, 5.41) is 9.84. The number of hydrogen-bond donors (Lipinski definition) is 0. The van der Waals surface area contributed by atoms with Crippen molar-refractivity contribution < 1.29 is 14.3 Å². The molecule has 170 valence electrons. The van der Waals surface area contributed by atoms with Gasteiger partial charge in [0.1, 0.15) is 12.3 Å². The van der Waals surface area contributed by atoms with Gasteiger partial charge in [-0.25, -0.2) is 9.97 Å². The standard InChI is InChI=1S/C26H28N4O3/c1-32-15-16-33-26(31)21(18-27)24-25(29-23-10-6-5-9-22(23)28-24)30-13-11-20(12-14-30)17-19-7-3-2-4-8-19/h2-10,20-21H,11-17H2,1H3. The van der Waals surface area contributed by atoms with Gasteiger partial charge in [-0.15, -0.1) is 0 Å². The Balaban J connectivity index is 1.57. The molecule has 1 saturated heterocycles. The number of methoxy groups -OCH3 is 1. The molecule has 1 fully saturated rings. The van der Waals surface area contributed by atoms with E-state index in [0.29, 0.717) is 22.9 Å². The number of benzene rings is 2. The topological polar surface area (TPSA) is 88.3 Å². The van der Waals surface area contributed by atoms with Gasteiger partial charge in [0.2, 0.25) is 0 Å². The lowest BCUT2D eigenvalue weighted by Gasteiger charge is -2.34. The van der Waals surface area contributed by atoms with Crippen molar-refractivity contribution in [2.75, 3.05) is 38.3 Å². The van der Waals surface area contributed by atoms with E-state index in [1.54, 1.807) is 0 Å². The second kappa shape index (κ2) is 10.9. The quantitative estimate of drug-likeness (QED) is 0.385. The lowest BCUT2D eigenvalue weighted by Crippen LogP contribution is -2.36. The molecule has 1 unspecified atom stereocenters.